The maximum atomic E-state index is 12.9. The number of halogens is 4. The number of hydrogen-bond donors (Lipinski definition) is 2. The summed E-state index contributed by atoms with van der Waals surface area (Å²) < 4.78 is 49.9. The first-order valence-electron chi connectivity index (χ1n) is 4.55. The first-order chi connectivity index (χ1) is 7.70. The van der Waals surface area contributed by atoms with E-state index in [0.717, 1.165) is 6.07 Å². The van der Waals surface area contributed by atoms with Crippen LogP contribution in [0.3, 0.4) is 0 Å². The Morgan fingerprint density at radius 1 is 1.35 bits per heavy atom. The third-order valence-corrected chi connectivity index (χ3v) is 2.06. The van der Waals surface area contributed by atoms with E-state index in [1.165, 1.54) is 0 Å². The van der Waals surface area contributed by atoms with Gasteiger partial charge in [-0.1, -0.05) is 0 Å². The Labute approximate surface area is 93.8 Å². The summed E-state index contributed by atoms with van der Waals surface area (Å²) in [4.78, 5) is 10.4. The average molecular weight is 251 g/mol. The Morgan fingerprint density at radius 2 is 1.94 bits per heavy atom. The SMILES string of the molecule is N[C@H](Cc1cc(F)cc(C(F)(F)F)c1)C(=O)O. The van der Waals surface area contributed by atoms with Gasteiger partial charge in [-0.2, -0.15) is 13.2 Å². The van der Waals surface area contributed by atoms with Crippen LogP contribution in [0, 0.1) is 5.82 Å². The number of alkyl halides is 3. The number of carbonyl (C=O) groups is 1. The molecule has 1 rings (SSSR count). The van der Waals surface area contributed by atoms with Gasteiger partial charge in [-0.25, -0.2) is 4.39 Å². The lowest BCUT2D eigenvalue weighted by atomic mass is 10.0. The number of carboxylic acid groups (broad SMARTS) is 1. The molecule has 0 heterocycles. The average Bonchev–Trinajstić information content (AvgIpc) is 2.15. The predicted molar refractivity (Wildman–Crippen MR) is 50.7 cm³/mol. The molecule has 94 valence electrons. The van der Waals surface area contributed by atoms with Crippen molar-refractivity contribution in [3.8, 4) is 0 Å². The lowest BCUT2D eigenvalue weighted by molar-refractivity contribution is -0.138. The molecule has 0 amide bonds. The van der Waals surface area contributed by atoms with Crippen molar-refractivity contribution in [1.82, 2.24) is 0 Å². The molecule has 1 aromatic carbocycles. The van der Waals surface area contributed by atoms with E-state index in [1.807, 2.05) is 0 Å². The van der Waals surface area contributed by atoms with Gasteiger partial charge < -0.3 is 10.8 Å². The molecule has 0 bridgehead atoms. The molecule has 0 aliphatic heterocycles. The highest BCUT2D eigenvalue weighted by Gasteiger charge is 2.31. The van der Waals surface area contributed by atoms with E-state index >= 15 is 0 Å². The van der Waals surface area contributed by atoms with Crippen LogP contribution in [0.2, 0.25) is 0 Å². The largest absolute Gasteiger partial charge is 0.480 e. The highest BCUT2D eigenvalue weighted by atomic mass is 19.4. The first kappa shape index (κ1) is 13.4. The molecule has 0 spiro atoms. The van der Waals surface area contributed by atoms with Crippen LogP contribution in [0.1, 0.15) is 11.1 Å². The number of benzene rings is 1. The quantitative estimate of drug-likeness (QED) is 0.805. The summed E-state index contributed by atoms with van der Waals surface area (Å²) in [6.45, 7) is 0. The molecule has 1 atom stereocenters. The molecular formula is C10H9F4NO2. The number of aliphatic carboxylic acids is 1. The van der Waals surface area contributed by atoms with E-state index in [0.29, 0.717) is 12.1 Å². The molecule has 3 N–H and O–H groups in total. The summed E-state index contributed by atoms with van der Waals surface area (Å²) >= 11 is 0. The number of carboxylic acids is 1. The van der Waals surface area contributed by atoms with Crippen LogP contribution in [0.25, 0.3) is 0 Å². The van der Waals surface area contributed by atoms with Crippen molar-refractivity contribution in [3.05, 3.63) is 35.1 Å². The molecule has 7 heteroatoms. The fourth-order valence-corrected chi connectivity index (χ4v) is 1.27. The molecular weight excluding hydrogens is 242 g/mol. The van der Waals surface area contributed by atoms with Crippen molar-refractivity contribution >= 4 is 5.97 Å². The molecule has 0 saturated heterocycles. The molecule has 0 aromatic heterocycles. The van der Waals surface area contributed by atoms with E-state index in [9.17, 15) is 22.4 Å². The first-order valence-corrected chi connectivity index (χ1v) is 4.55. The molecule has 0 aliphatic carbocycles. The van der Waals surface area contributed by atoms with Gasteiger partial charge in [-0.3, -0.25) is 4.79 Å². The Morgan fingerprint density at radius 3 is 2.41 bits per heavy atom. The van der Waals surface area contributed by atoms with Crippen LogP contribution < -0.4 is 5.73 Å². The van der Waals surface area contributed by atoms with Crippen LogP contribution in [0.5, 0.6) is 0 Å². The highest BCUT2D eigenvalue weighted by Crippen LogP contribution is 2.30. The topological polar surface area (TPSA) is 63.3 Å². The summed E-state index contributed by atoms with van der Waals surface area (Å²) in [5.74, 6) is -2.43. The molecule has 0 radical (unpaired) electrons. The van der Waals surface area contributed by atoms with E-state index in [2.05, 4.69) is 0 Å². The zero-order valence-electron chi connectivity index (χ0n) is 8.46. The number of nitrogens with two attached hydrogens (primary N) is 1. The Bertz CT molecular complexity index is 431. The molecule has 0 unspecified atom stereocenters. The van der Waals surface area contributed by atoms with Crippen LogP contribution in [-0.4, -0.2) is 17.1 Å². The van der Waals surface area contributed by atoms with Gasteiger partial charge in [0.15, 0.2) is 0 Å². The van der Waals surface area contributed by atoms with Gasteiger partial charge in [0.2, 0.25) is 0 Å². The predicted octanol–water partition coefficient (Wildman–Crippen LogP) is 1.80. The van der Waals surface area contributed by atoms with Crippen LogP contribution in [0.15, 0.2) is 18.2 Å². The molecule has 17 heavy (non-hydrogen) atoms. The van der Waals surface area contributed by atoms with Gasteiger partial charge in [0, 0.05) is 0 Å². The second-order valence-electron chi connectivity index (χ2n) is 3.49. The van der Waals surface area contributed by atoms with Gasteiger partial charge in [-0.15, -0.1) is 0 Å². The minimum atomic E-state index is -4.68. The molecule has 1 aromatic rings. The van der Waals surface area contributed by atoms with Crippen LogP contribution in [0.4, 0.5) is 17.6 Å². The molecule has 3 nitrogen and oxygen atoms in total. The summed E-state index contributed by atoms with van der Waals surface area (Å²) in [6, 6.07) is 0.498. The van der Waals surface area contributed by atoms with Crippen LogP contribution >= 0.6 is 0 Å². The monoisotopic (exact) mass is 251 g/mol. The Hall–Kier alpha value is -1.63. The summed E-state index contributed by atoms with van der Waals surface area (Å²) in [5, 5.41) is 8.50. The highest BCUT2D eigenvalue weighted by molar-refractivity contribution is 5.73. The Balaban J connectivity index is 3.02. The van der Waals surface area contributed by atoms with Crippen molar-refractivity contribution in [2.75, 3.05) is 0 Å². The molecule has 0 aliphatic rings. The van der Waals surface area contributed by atoms with Gasteiger partial charge >= 0.3 is 12.1 Å². The second-order valence-corrected chi connectivity index (χ2v) is 3.49. The van der Waals surface area contributed by atoms with Gasteiger partial charge in [-0.05, 0) is 30.2 Å². The minimum absolute atomic E-state index is 0.104. The maximum Gasteiger partial charge on any atom is 0.416 e. The van der Waals surface area contributed by atoms with Gasteiger partial charge in [0.1, 0.15) is 11.9 Å². The van der Waals surface area contributed by atoms with Gasteiger partial charge in [0.05, 0.1) is 5.56 Å². The lowest BCUT2D eigenvalue weighted by Crippen LogP contribution is -2.32. The number of rotatable bonds is 3. The van der Waals surface area contributed by atoms with Crippen molar-refractivity contribution in [2.45, 2.75) is 18.6 Å². The van der Waals surface area contributed by atoms with Crippen molar-refractivity contribution in [3.63, 3.8) is 0 Å². The Kier molecular flexibility index (Phi) is 3.72. The summed E-state index contributed by atoms with van der Waals surface area (Å²) in [6.07, 6.45) is -5.04. The van der Waals surface area contributed by atoms with Gasteiger partial charge in [0.25, 0.3) is 0 Å². The molecule has 0 saturated carbocycles. The van der Waals surface area contributed by atoms with Crippen molar-refractivity contribution in [1.29, 1.82) is 0 Å². The zero-order valence-corrected chi connectivity index (χ0v) is 8.46. The second kappa shape index (κ2) is 4.70. The van der Waals surface area contributed by atoms with E-state index in [-0.39, 0.29) is 12.0 Å². The maximum absolute atomic E-state index is 12.9. The normalized spacial score (nSPS) is 13.5. The van der Waals surface area contributed by atoms with Crippen molar-refractivity contribution < 1.29 is 27.5 Å². The fraction of sp³-hybridized carbons (Fsp3) is 0.300. The van der Waals surface area contributed by atoms with Crippen molar-refractivity contribution in [2.24, 2.45) is 5.73 Å². The van der Waals surface area contributed by atoms with Crippen LogP contribution in [-0.2, 0) is 17.4 Å². The third-order valence-electron chi connectivity index (χ3n) is 2.06. The van der Waals surface area contributed by atoms with E-state index in [4.69, 9.17) is 10.8 Å². The van der Waals surface area contributed by atoms with E-state index < -0.39 is 29.6 Å². The fourth-order valence-electron chi connectivity index (χ4n) is 1.27. The summed E-state index contributed by atoms with van der Waals surface area (Å²) in [5.41, 5.74) is 3.89. The minimum Gasteiger partial charge on any atom is -0.480 e. The zero-order chi connectivity index (χ0) is 13.2. The standard InChI is InChI=1S/C10H9F4NO2/c11-7-2-5(3-8(15)9(16)17)1-6(4-7)10(12,13)14/h1-2,4,8H,3,15H2,(H,16,17)/t8-/m1/s1. The third kappa shape index (κ3) is 3.70. The van der Waals surface area contributed by atoms with E-state index in [1.54, 1.807) is 0 Å². The smallest absolute Gasteiger partial charge is 0.416 e. The summed E-state index contributed by atoms with van der Waals surface area (Å²) in [7, 11) is 0. The molecule has 0 fully saturated rings. The number of hydrogen-bond acceptors (Lipinski definition) is 2. The lowest BCUT2D eigenvalue weighted by Gasteiger charge is -2.11.